The van der Waals surface area contributed by atoms with Gasteiger partial charge in [0.05, 0.1) is 18.6 Å². The summed E-state index contributed by atoms with van der Waals surface area (Å²) in [6.45, 7) is 7.31. The summed E-state index contributed by atoms with van der Waals surface area (Å²) in [4.78, 5) is 0.813. The van der Waals surface area contributed by atoms with E-state index in [2.05, 4.69) is 31.7 Å². The maximum absolute atomic E-state index is 6.25. The van der Waals surface area contributed by atoms with Crippen molar-refractivity contribution >= 4 is 12.6 Å². The largest absolute Gasteiger partial charge is 0.494 e. The maximum atomic E-state index is 6.25. The minimum absolute atomic E-state index is 0.654. The Morgan fingerprint density at radius 1 is 0.955 bits per heavy atom. The van der Waals surface area contributed by atoms with Gasteiger partial charge >= 0.3 is 0 Å². The molecule has 0 spiro atoms. The van der Waals surface area contributed by atoms with Crippen molar-refractivity contribution in [1.29, 1.82) is 5.39 Å². The average Bonchev–Trinajstić information content (AvgIpc) is 2.54. The van der Waals surface area contributed by atoms with E-state index in [4.69, 9.17) is 20.3 Å². The van der Waals surface area contributed by atoms with Crippen LogP contribution in [0.2, 0.25) is 0 Å². The second kappa shape index (κ2) is 12.5. The molecule has 22 heavy (non-hydrogen) atoms. The Morgan fingerprint density at radius 3 is 1.95 bits per heavy atom. The summed E-state index contributed by atoms with van der Waals surface area (Å²) >= 11 is 4.29. The van der Waals surface area contributed by atoms with Gasteiger partial charge in [-0.25, -0.2) is 0 Å². The van der Waals surface area contributed by atoms with Crippen molar-refractivity contribution in [2.24, 2.45) is 0 Å². The zero-order valence-electron chi connectivity index (χ0n) is 13.2. The van der Waals surface area contributed by atoms with Crippen LogP contribution in [0, 0.1) is 12.3 Å². The zero-order valence-corrected chi connectivity index (χ0v) is 14.1. The van der Waals surface area contributed by atoms with E-state index in [0.717, 1.165) is 16.4 Å². The first-order valence-electron chi connectivity index (χ1n) is 7.00. The van der Waals surface area contributed by atoms with Crippen LogP contribution in [0.4, 0.5) is 0 Å². The van der Waals surface area contributed by atoms with Crippen molar-refractivity contribution in [2.45, 2.75) is 25.7 Å². The zero-order chi connectivity index (χ0) is 16.8. The quantitative estimate of drug-likeness (QED) is 0.672. The number of hydrogen-bond donors (Lipinski definition) is 2. The predicted molar refractivity (Wildman–Crippen MR) is 89.9 cm³/mol. The van der Waals surface area contributed by atoms with Gasteiger partial charge in [-0.05, 0) is 39.0 Å². The second-order valence-electron chi connectivity index (χ2n) is 4.15. The van der Waals surface area contributed by atoms with Gasteiger partial charge < -0.3 is 9.47 Å². The van der Waals surface area contributed by atoms with Crippen LogP contribution < -0.4 is 14.9 Å². The molecule has 0 fully saturated rings. The molecule has 1 N–H and O–H groups in total. The molecule has 0 saturated heterocycles. The lowest BCUT2D eigenvalue weighted by atomic mass is 10.2. The molecule has 0 heterocycles. The summed E-state index contributed by atoms with van der Waals surface area (Å²) in [7, 11) is 0. The van der Waals surface area contributed by atoms with E-state index in [9.17, 15) is 0 Å². The van der Waals surface area contributed by atoms with Crippen LogP contribution in [0.1, 0.15) is 19.4 Å². The Morgan fingerprint density at radius 2 is 1.55 bits per heavy atom. The third-order valence-corrected chi connectivity index (χ3v) is 2.83. The molecule has 4 nitrogen and oxygen atoms in total. The number of benzene rings is 2. The van der Waals surface area contributed by atoms with Crippen molar-refractivity contribution in [1.82, 2.24) is 0 Å². The van der Waals surface area contributed by atoms with E-state index in [1.807, 2.05) is 50.2 Å². The van der Waals surface area contributed by atoms with Gasteiger partial charge in [-0.15, -0.1) is 12.6 Å². The fraction of sp³-hybridized carbons (Fsp3) is 0.294. The SMILES string of the molecule is CCOc1ccc(OCC)c(S)c1.Cc1ccccc1.N#[NH+]. The lowest BCUT2D eigenvalue weighted by Gasteiger charge is -2.08. The molecular weight excluding hydrogens is 296 g/mol. The van der Waals surface area contributed by atoms with Crippen molar-refractivity contribution in [2.75, 3.05) is 13.2 Å². The van der Waals surface area contributed by atoms with Gasteiger partial charge in [-0.1, -0.05) is 35.9 Å². The minimum atomic E-state index is 0.654. The van der Waals surface area contributed by atoms with Crippen LogP contribution in [0.5, 0.6) is 11.5 Å². The third kappa shape index (κ3) is 8.18. The van der Waals surface area contributed by atoms with E-state index in [1.54, 1.807) is 0 Å². The molecule has 2 aromatic rings. The number of hydrogen-bond acceptors (Lipinski definition) is 4. The third-order valence-electron chi connectivity index (χ3n) is 2.48. The molecule has 5 heteroatoms. The Balaban J connectivity index is 0.000000412. The summed E-state index contributed by atoms with van der Waals surface area (Å²) in [6.07, 6.45) is 0. The molecule has 0 unspecified atom stereocenters. The van der Waals surface area contributed by atoms with E-state index in [0.29, 0.717) is 13.2 Å². The van der Waals surface area contributed by atoms with E-state index in [1.165, 1.54) is 5.56 Å². The molecule has 0 atom stereocenters. The Kier molecular flexibility index (Phi) is 11.3. The molecule has 0 aromatic heterocycles. The minimum Gasteiger partial charge on any atom is -0.494 e. The van der Waals surface area contributed by atoms with Crippen LogP contribution in [0.15, 0.2) is 53.4 Å². The fourth-order valence-corrected chi connectivity index (χ4v) is 1.83. The summed E-state index contributed by atoms with van der Waals surface area (Å²) in [5, 5.41) is 11.0. The molecule has 118 valence electrons. The molecule has 0 amide bonds. The molecule has 0 aliphatic rings. The normalized spacial score (nSPS) is 8.64. The molecule has 2 aromatic carbocycles. The second-order valence-corrected chi connectivity index (χ2v) is 4.63. The predicted octanol–water partition coefficient (Wildman–Crippen LogP) is 3.05. The molecule has 0 radical (unpaired) electrons. The van der Waals surface area contributed by atoms with Crippen molar-refractivity contribution in [3.05, 3.63) is 54.1 Å². The first kappa shape index (κ1) is 19.8. The molecule has 2 rings (SSSR count). The molecule has 0 aliphatic carbocycles. The number of ether oxygens (including phenoxy) is 2. The van der Waals surface area contributed by atoms with Gasteiger partial charge in [0, 0.05) is 4.90 Å². The number of diazo groups is 1. The summed E-state index contributed by atoms with van der Waals surface area (Å²) in [6, 6.07) is 15.9. The lowest BCUT2D eigenvalue weighted by molar-refractivity contribution is -0.175. The Bertz CT molecular complexity index is 545. The highest BCUT2D eigenvalue weighted by Crippen LogP contribution is 2.27. The molecule has 0 bridgehead atoms. The number of nitrogens with zero attached hydrogens (tertiary/aromatic N) is 1. The highest BCUT2D eigenvalue weighted by molar-refractivity contribution is 7.80. The van der Waals surface area contributed by atoms with Crippen molar-refractivity contribution < 1.29 is 14.9 Å². The smallest absolute Gasteiger partial charge is 0.212 e. The number of nitrogens with one attached hydrogen (secondary N) is 1. The van der Waals surface area contributed by atoms with Gasteiger partial charge in [-0.2, -0.15) is 0 Å². The highest BCUT2D eigenvalue weighted by atomic mass is 32.1. The summed E-state index contributed by atoms with van der Waals surface area (Å²) in [5.74, 6) is 1.63. The van der Waals surface area contributed by atoms with Crippen molar-refractivity contribution in [3.8, 4) is 11.5 Å². The first-order chi connectivity index (χ1) is 10.7. The van der Waals surface area contributed by atoms with E-state index >= 15 is 0 Å². The van der Waals surface area contributed by atoms with Crippen LogP contribution in [0.3, 0.4) is 0 Å². The Hall–Kier alpha value is -2.19. The number of thiol groups is 1. The molecule has 0 aliphatic heterocycles. The van der Waals surface area contributed by atoms with Gasteiger partial charge in [-0.3, -0.25) is 0 Å². The number of aryl methyl sites for hydroxylation is 1. The maximum Gasteiger partial charge on any atom is 0.212 e. The first-order valence-corrected chi connectivity index (χ1v) is 7.44. The number of rotatable bonds is 4. The van der Waals surface area contributed by atoms with Crippen LogP contribution >= 0.6 is 12.6 Å². The van der Waals surface area contributed by atoms with Gasteiger partial charge in [0.1, 0.15) is 11.5 Å². The Labute approximate surface area is 137 Å². The van der Waals surface area contributed by atoms with Crippen molar-refractivity contribution in [3.63, 3.8) is 0 Å². The van der Waals surface area contributed by atoms with E-state index < -0.39 is 0 Å². The lowest BCUT2D eigenvalue weighted by Crippen LogP contribution is -2.11. The van der Waals surface area contributed by atoms with Gasteiger partial charge in [0.25, 0.3) is 0 Å². The molecule has 0 saturated carbocycles. The van der Waals surface area contributed by atoms with Crippen LogP contribution in [-0.4, -0.2) is 13.2 Å². The standard InChI is InChI=1S/C10H14O2S.C7H8.N2/c1-3-11-8-5-6-9(12-4-2)10(13)7-8;1-7-5-3-2-4-6-7;1-2/h5-7,13H,3-4H2,1-2H3;2-6H,1H3;/p+1. The molecular formula is C17H23N2O2S+. The van der Waals surface area contributed by atoms with Gasteiger partial charge in [0.2, 0.25) is 5.39 Å². The van der Waals surface area contributed by atoms with Gasteiger partial charge in [0.15, 0.2) is 0 Å². The topological polar surface area (TPSA) is 66.0 Å². The average molecular weight is 319 g/mol. The van der Waals surface area contributed by atoms with Crippen LogP contribution in [-0.2, 0) is 0 Å². The fourth-order valence-electron chi connectivity index (χ4n) is 1.57. The highest BCUT2D eigenvalue weighted by Gasteiger charge is 2.00. The van der Waals surface area contributed by atoms with E-state index in [-0.39, 0.29) is 0 Å². The summed E-state index contributed by atoms with van der Waals surface area (Å²) < 4.78 is 10.7. The van der Waals surface area contributed by atoms with Crippen LogP contribution in [0.25, 0.3) is 0 Å². The summed E-state index contributed by atoms with van der Waals surface area (Å²) in [5.41, 5.74) is 1.32. The monoisotopic (exact) mass is 319 g/mol.